The van der Waals surface area contributed by atoms with Crippen molar-refractivity contribution in [3.63, 3.8) is 0 Å². The van der Waals surface area contributed by atoms with Crippen LogP contribution in [0.15, 0.2) is 48.7 Å². The number of rotatable bonds is 5. The Morgan fingerprint density at radius 2 is 2.00 bits per heavy atom. The number of methoxy groups -OCH3 is 1. The number of fused-ring (bicyclic) bond motifs is 1. The summed E-state index contributed by atoms with van der Waals surface area (Å²) in [5, 5.41) is 19.7. The number of urea groups is 1. The molecule has 0 radical (unpaired) electrons. The maximum atomic E-state index is 12.2. The van der Waals surface area contributed by atoms with Crippen LogP contribution in [0.5, 0.6) is 11.6 Å². The number of ether oxygens (including phenoxy) is 1. The summed E-state index contributed by atoms with van der Waals surface area (Å²) in [6.07, 6.45) is 2.24. The van der Waals surface area contributed by atoms with Gasteiger partial charge in [-0.2, -0.15) is 0 Å². The SMILES string of the molecule is COc1ccc(NC(=O)NCc2ccc3c(O)n(C4CCC(=O)NC4=O)cc3c2)cc1. The van der Waals surface area contributed by atoms with Gasteiger partial charge in [0.05, 0.1) is 7.11 Å². The van der Waals surface area contributed by atoms with Crippen molar-refractivity contribution in [2.45, 2.75) is 25.4 Å². The van der Waals surface area contributed by atoms with E-state index in [1.54, 1.807) is 49.7 Å². The van der Waals surface area contributed by atoms with E-state index in [2.05, 4.69) is 16.0 Å². The van der Waals surface area contributed by atoms with E-state index in [9.17, 15) is 19.5 Å². The monoisotopic (exact) mass is 422 g/mol. The van der Waals surface area contributed by atoms with E-state index >= 15 is 0 Å². The van der Waals surface area contributed by atoms with E-state index in [1.807, 2.05) is 6.07 Å². The van der Waals surface area contributed by atoms with Crippen molar-refractivity contribution < 1.29 is 24.2 Å². The zero-order valence-electron chi connectivity index (χ0n) is 16.8. The number of piperidine rings is 1. The first kappa shape index (κ1) is 20.3. The van der Waals surface area contributed by atoms with E-state index in [-0.39, 0.29) is 30.8 Å². The molecule has 1 aromatic heterocycles. The van der Waals surface area contributed by atoms with E-state index < -0.39 is 11.9 Å². The number of aromatic hydroxyl groups is 1. The van der Waals surface area contributed by atoms with Gasteiger partial charge >= 0.3 is 6.03 Å². The molecule has 1 fully saturated rings. The van der Waals surface area contributed by atoms with E-state index in [4.69, 9.17) is 4.74 Å². The lowest BCUT2D eigenvalue weighted by Crippen LogP contribution is -2.41. The molecule has 4 rings (SSSR count). The van der Waals surface area contributed by atoms with Gasteiger partial charge in [-0.05, 0) is 48.4 Å². The van der Waals surface area contributed by atoms with Crippen molar-refractivity contribution in [3.8, 4) is 11.6 Å². The van der Waals surface area contributed by atoms with Crippen molar-refractivity contribution in [2.75, 3.05) is 12.4 Å². The summed E-state index contributed by atoms with van der Waals surface area (Å²) >= 11 is 0. The van der Waals surface area contributed by atoms with Gasteiger partial charge in [0.2, 0.25) is 11.8 Å². The van der Waals surface area contributed by atoms with Crippen molar-refractivity contribution in [3.05, 3.63) is 54.2 Å². The Morgan fingerprint density at radius 1 is 1.23 bits per heavy atom. The molecule has 31 heavy (non-hydrogen) atoms. The number of nitrogens with zero attached hydrogens (tertiary/aromatic N) is 1. The minimum absolute atomic E-state index is 0.0266. The highest BCUT2D eigenvalue weighted by molar-refractivity contribution is 6.00. The van der Waals surface area contributed by atoms with Gasteiger partial charge in [-0.1, -0.05) is 6.07 Å². The smallest absolute Gasteiger partial charge is 0.319 e. The number of aromatic nitrogens is 1. The van der Waals surface area contributed by atoms with Crippen LogP contribution in [0.2, 0.25) is 0 Å². The van der Waals surface area contributed by atoms with Crippen LogP contribution in [0.25, 0.3) is 10.8 Å². The first-order chi connectivity index (χ1) is 14.9. The lowest BCUT2D eigenvalue weighted by Gasteiger charge is -2.22. The molecule has 4 N–H and O–H groups in total. The average Bonchev–Trinajstić information content (AvgIpc) is 3.08. The maximum Gasteiger partial charge on any atom is 0.319 e. The summed E-state index contributed by atoms with van der Waals surface area (Å²) in [5.74, 6) is -0.0595. The Morgan fingerprint density at radius 3 is 2.71 bits per heavy atom. The fourth-order valence-electron chi connectivity index (χ4n) is 3.60. The van der Waals surface area contributed by atoms with Crippen LogP contribution in [0.1, 0.15) is 24.4 Å². The highest BCUT2D eigenvalue weighted by atomic mass is 16.5. The molecule has 4 amide bonds. The molecule has 0 spiro atoms. The van der Waals surface area contributed by atoms with Crippen LogP contribution in [0.3, 0.4) is 0 Å². The second kappa shape index (κ2) is 8.39. The molecule has 1 atom stereocenters. The Kier molecular flexibility index (Phi) is 5.48. The topological polar surface area (TPSA) is 122 Å². The largest absolute Gasteiger partial charge is 0.497 e. The predicted octanol–water partition coefficient (Wildman–Crippen LogP) is 2.65. The Bertz CT molecular complexity index is 1150. The number of anilines is 1. The predicted molar refractivity (Wildman–Crippen MR) is 114 cm³/mol. The van der Waals surface area contributed by atoms with Gasteiger partial charge in [0.25, 0.3) is 0 Å². The maximum absolute atomic E-state index is 12.2. The van der Waals surface area contributed by atoms with Gasteiger partial charge < -0.3 is 25.0 Å². The molecular weight excluding hydrogens is 400 g/mol. The van der Waals surface area contributed by atoms with Crippen LogP contribution >= 0.6 is 0 Å². The zero-order chi connectivity index (χ0) is 22.0. The fraction of sp³-hybridized carbons (Fsp3) is 0.227. The average molecular weight is 422 g/mol. The molecule has 0 bridgehead atoms. The Labute approximate surface area is 178 Å². The highest BCUT2D eigenvalue weighted by Crippen LogP contribution is 2.33. The molecular formula is C22H22N4O5. The van der Waals surface area contributed by atoms with E-state index in [1.165, 1.54) is 4.57 Å². The molecule has 0 aliphatic carbocycles. The molecule has 1 aliphatic rings. The van der Waals surface area contributed by atoms with Gasteiger partial charge in [0.1, 0.15) is 11.8 Å². The number of hydrogen-bond donors (Lipinski definition) is 4. The standard InChI is InChI=1S/C22H22N4O5/c1-31-16-5-3-15(4-6-16)24-22(30)23-11-13-2-7-17-14(10-13)12-26(21(17)29)18-8-9-19(27)25-20(18)28/h2-7,10,12,18,29H,8-9,11H2,1H3,(H2,23,24,30)(H,25,27,28). The quantitative estimate of drug-likeness (QED) is 0.471. The van der Waals surface area contributed by atoms with Gasteiger partial charge in [-0.15, -0.1) is 0 Å². The Balaban J connectivity index is 1.43. The van der Waals surface area contributed by atoms with Gasteiger partial charge in [0, 0.05) is 35.6 Å². The van der Waals surface area contributed by atoms with Gasteiger partial charge in [0.15, 0.2) is 5.88 Å². The first-order valence-electron chi connectivity index (χ1n) is 9.79. The molecule has 1 unspecified atom stereocenters. The molecule has 160 valence electrons. The van der Waals surface area contributed by atoms with Gasteiger partial charge in [-0.25, -0.2) is 4.79 Å². The van der Waals surface area contributed by atoms with Crippen LogP contribution in [0, 0.1) is 0 Å². The van der Waals surface area contributed by atoms with Crippen molar-refractivity contribution in [1.82, 2.24) is 15.2 Å². The molecule has 9 nitrogen and oxygen atoms in total. The highest BCUT2D eigenvalue weighted by Gasteiger charge is 2.30. The van der Waals surface area contributed by atoms with Crippen molar-refractivity contribution >= 4 is 34.3 Å². The van der Waals surface area contributed by atoms with Crippen molar-refractivity contribution in [1.29, 1.82) is 0 Å². The number of amides is 4. The van der Waals surface area contributed by atoms with Crippen LogP contribution in [-0.2, 0) is 16.1 Å². The summed E-state index contributed by atoms with van der Waals surface area (Å²) < 4.78 is 6.58. The van der Waals surface area contributed by atoms with Gasteiger partial charge in [-0.3, -0.25) is 14.9 Å². The van der Waals surface area contributed by atoms with E-state index in [0.29, 0.717) is 23.2 Å². The summed E-state index contributed by atoms with van der Waals surface area (Å²) in [5.41, 5.74) is 1.47. The summed E-state index contributed by atoms with van der Waals surface area (Å²) in [7, 11) is 1.57. The third-order valence-electron chi connectivity index (χ3n) is 5.23. The molecule has 2 aromatic carbocycles. The molecule has 9 heteroatoms. The number of imide groups is 1. The molecule has 1 aliphatic heterocycles. The third kappa shape index (κ3) is 4.30. The second-order valence-electron chi connectivity index (χ2n) is 7.28. The number of hydrogen-bond acceptors (Lipinski definition) is 5. The molecule has 2 heterocycles. The molecule has 3 aromatic rings. The lowest BCUT2D eigenvalue weighted by molar-refractivity contribution is -0.135. The van der Waals surface area contributed by atoms with Crippen molar-refractivity contribution in [2.24, 2.45) is 0 Å². The molecule has 0 saturated carbocycles. The fourth-order valence-corrected chi connectivity index (χ4v) is 3.60. The van der Waals surface area contributed by atoms with Crippen LogP contribution < -0.4 is 20.7 Å². The number of carbonyl (C=O) groups is 3. The summed E-state index contributed by atoms with van der Waals surface area (Å²) in [6.45, 7) is 0.280. The first-order valence-corrected chi connectivity index (χ1v) is 9.79. The number of carbonyl (C=O) groups excluding carboxylic acids is 3. The van der Waals surface area contributed by atoms with Crippen LogP contribution in [-0.4, -0.2) is 34.6 Å². The number of nitrogens with one attached hydrogen (secondary N) is 3. The minimum atomic E-state index is -0.637. The summed E-state index contributed by atoms with van der Waals surface area (Å²) in [4.78, 5) is 35.7. The van der Waals surface area contributed by atoms with Crippen LogP contribution in [0.4, 0.5) is 10.5 Å². The van der Waals surface area contributed by atoms with E-state index in [0.717, 1.165) is 10.9 Å². The zero-order valence-corrected chi connectivity index (χ0v) is 16.8. The minimum Gasteiger partial charge on any atom is -0.497 e. The lowest BCUT2D eigenvalue weighted by atomic mass is 10.1. The second-order valence-corrected chi connectivity index (χ2v) is 7.28. The number of benzene rings is 2. The molecule has 1 saturated heterocycles. The normalized spacial score (nSPS) is 16.1. The Hall–Kier alpha value is -4.01. The summed E-state index contributed by atoms with van der Waals surface area (Å²) in [6, 6.07) is 11.4. The third-order valence-corrected chi connectivity index (χ3v) is 5.23.